The van der Waals surface area contributed by atoms with E-state index in [4.69, 9.17) is 0 Å². The second kappa shape index (κ2) is 5.47. The zero-order chi connectivity index (χ0) is 18.0. The third-order valence-corrected chi connectivity index (χ3v) is 8.76. The zero-order valence-corrected chi connectivity index (χ0v) is 16.6. The van der Waals surface area contributed by atoms with Crippen LogP contribution in [0, 0.1) is 28.6 Å². The van der Waals surface area contributed by atoms with Crippen molar-refractivity contribution >= 4 is 5.91 Å². The molecule has 6 atom stereocenters. The second-order valence-corrected chi connectivity index (χ2v) is 10.3. The molecular weight excluding hydrogens is 306 g/mol. The fourth-order valence-electron chi connectivity index (χ4n) is 7.27. The number of hydrogen-bond donors (Lipinski definition) is 0. The van der Waals surface area contributed by atoms with Crippen molar-refractivity contribution in [1.29, 1.82) is 0 Å². The summed E-state index contributed by atoms with van der Waals surface area (Å²) in [5, 5.41) is 0. The molecular formula is C23H35NO. The molecule has 1 heterocycles. The summed E-state index contributed by atoms with van der Waals surface area (Å²) in [4.78, 5) is 14.9. The lowest BCUT2D eigenvalue weighted by Gasteiger charge is -2.62. The predicted octanol–water partition coefficient (Wildman–Crippen LogP) is 5.35. The molecule has 4 rings (SSSR count). The zero-order valence-electron chi connectivity index (χ0n) is 16.6. The molecule has 0 bridgehead atoms. The fourth-order valence-corrected chi connectivity index (χ4v) is 7.27. The second-order valence-electron chi connectivity index (χ2n) is 10.3. The third-order valence-electron chi connectivity index (χ3n) is 8.76. The van der Waals surface area contributed by atoms with E-state index in [2.05, 4.69) is 45.2 Å². The Kier molecular flexibility index (Phi) is 3.80. The number of fused-ring (bicyclic) bond motifs is 5. The van der Waals surface area contributed by atoms with Gasteiger partial charge in [-0.1, -0.05) is 32.4 Å². The molecule has 3 saturated carbocycles. The molecule has 0 saturated heterocycles. The highest BCUT2D eigenvalue weighted by Gasteiger charge is 2.59. The Hall–Kier alpha value is -1.05. The quantitative estimate of drug-likeness (QED) is 0.620. The van der Waals surface area contributed by atoms with Crippen LogP contribution in [0.3, 0.4) is 0 Å². The van der Waals surface area contributed by atoms with Crippen LogP contribution in [0.25, 0.3) is 0 Å². The minimum absolute atomic E-state index is 0.126. The van der Waals surface area contributed by atoms with Crippen LogP contribution in [-0.2, 0) is 4.79 Å². The first-order chi connectivity index (χ1) is 11.7. The number of carbonyl (C=O) groups excluding carboxylic acids is 1. The first-order valence-electron chi connectivity index (χ1n) is 10.4. The number of nitrogens with zero attached hydrogens (tertiary/aromatic N) is 1. The monoisotopic (exact) mass is 341 g/mol. The molecule has 3 fully saturated rings. The molecule has 0 radical (unpaired) electrons. The highest BCUT2D eigenvalue weighted by Crippen LogP contribution is 2.64. The van der Waals surface area contributed by atoms with Gasteiger partial charge in [-0.25, -0.2) is 0 Å². The van der Waals surface area contributed by atoms with Crippen molar-refractivity contribution in [3.63, 3.8) is 0 Å². The lowest BCUT2D eigenvalue weighted by molar-refractivity contribution is -0.148. The van der Waals surface area contributed by atoms with Crippen LogP contribution in [0.4, 0.5) is 0 Å². The number of rotatable bonds is 2. The molecule has 4 aliphatic rings. The summed E-state index contributed by atoms with van der Waals surface area (Å²) in [5.41, 5.74) is 0.441. The van der Waals surface area contributed by atoms with Crippen LogP contribution in [0.2, 0.25) is 0 Å². The summed E-state index contributed by atoms with van der Waals surface area (Å²) in [6, 6.07) is 0.324. The van der Waals surface area contributed by atoms with E-state index in [1.165, 1.54) is 38.5 Å². The Morgan fingerprint density at radius 2 is 1.92 bits per heavy atom. The summed E-state index contributed by atoms with van der Waals surface area (Å²) in [6.45, 7) is 13.3. The van der Waals surface area contributed by atoms with Crippen LogP contribution in [0.1, 0.15) is 72.6 Å². The Labute approximate surface area is 153 Å². The number of amides is 1. The SMILES string of the molecule is C=CC(C)(C)N1C(=O)C=C[C@]2(C)[C@H]3CC[C@]4(C)CCC[C@H]4[C@@H]3CC[C@@H]12. The number of hydrogen-bond acceptors (Lipinski definition) is 1. The average molecular weight is 342 g/mol. The summed E-state index contributed by atoms with van der Waals surface area (Å²) < 4.78 is 0. The van der Waals surface area contributed by atoms with Crippen LogP contribution in [0.15, 0.2) is 24.8 Å². The van der Waals surface area contributed by atoms with Crippen LogP contribution >= 0.6 is 0 Å². The average Bonchev–Trinajstić information content (AvgIpc) is 2.97. The van der Waals surface area contributed by atoms with Gasteiger partial charge in [0.15, 0.2) is 0 Å². The molecule has 0 aromatic rings. The van der Waals surface area contributed by atoms with Gasteiger partial charge in [-0.2, -0.15) is 0 Å². The molecule has 2 heteroatoms. The maximum absolute atomic E-state index is 12.8. The normalized spacial score (nSPS) is 46.4. The highest BCUT2D eigenvalue weighted by atomic mass is 16.2. The minimum atomic E-state index is -0.281. The third kappa shape index (κ3) is 2.32. The highest BCUT2D eigenvalue weighted by molar-refractivity contribution is 5.90. The first kappa shape index (κ1) is 17.4. The fraction of sp³-hybridized carbons (Fsp3) is 0.783. The molecule has 0 unspecified atom stereocenters. The van der Waals surface area contributed by atoms with Crippen LogP contribution in [-0.4, -0.2) is 22.4 Å². The van der Waals surface area contributed by atoms with Gasteiger partial charge in [-0.05, 0) is 81.6 Å². The van der Waals surface area contributed by atoms with Gasteiger partial charge in [-0.3, -0.25) is 4.79 Å². The van der Waals surface area contributed by atoms with Crippen molar-refractivity contribution in [3.05, 3.63) is 24.8 Å². The van der Waals surface area contributed by atoms with Crippen molar-refractivity contribution < 1.29 is 4.79 Å². The van der Waals surface area contributed by atoms with Gasteiger partial charge in [-0.15, -0.1) is 6.58 Å². The predicted molar refractivity (Wildman–Crippen MR) is 103 cm³/mol. The summed E-state index contributed by atoms with van der Waals surface area (Å²) in [7, 11) is 0. The van der Waals surface area contributed by atoms with E-state index in [1.807, 2.05) is 12.2 Å². The minimum Gasteiger partial charge on any atom is -0.327 e. The molecule has 1 amide bonds. The molecule has 138 valence electrons. The molecule has 0 aromatic heterocycles. The van der Waals surface area contributed by atoms with Gasteiger partial charge in [0.2, 0.25) is 5.91 Å². The molecule has 0 N–H and O–H groups in total. The first-order valence-corrected chi connectivity index (χ1v) is 10.4. The van der Waals surface area contributed by atoms with Gasteiger partial charge < -0.3 is 4.90 Å². The summed E-state index contributed by atoms with van der Waals surface area (Å²) in [6.07, 6.45) is 15.6. The van der Waals surface area contributed by atoms with Crippen molar-refractivity contribution in [3.8, 4) is 0 Å². The molecule has 0 spiro atoms. The Morgan fingerprint density at radius 3 is 2.64 bits per heavy atom. The van der Waals surface area contributed by atoms with Gasteiger partial charge in [0.05, 0.1) is 5.54 Å². The van der Waals surface area contributed by atoms with Crippen molar-refractivity contribution in [2.75, 3.05) is 0 Å². The Balaban J connectivity index is 1.71. The van der Waals surface area contributed by atoms with Crippen LogP contribution in [0.5, 0.6) is 0 Å². The van der Waals surface area contributed by atoms with E-state index < -0.39 is 0 Å². The van der Waals surface area contributed by atoms with Crippen molar-refractivity contribution in [2.45, 2.75) is 84.2 Å². The molecule has 1 aliphatic heterocycles. The van der Waals surface area contributed by atoms with E-state index in [9.17, 15) is 4.79 Å². The summed E-state index contributed by atoms with van der Waals surface area (Å²) >= 11 is 0. The van der Waals surface area contributed by atoms with E-state index in [0.717, 1.165) is 24.2 Å². The van der Waals surface area contributed by atoms with Gasteiger partial charge in [0.25, 0.3) is 0 Å². The Morgan fingerprint density at radius 1 is 1.16 bits per heavy atom. The van der Waals surface area contributed by atoms with Crippen molar-refractivity contribution in [1.82, 2.24) is 4.90 Å². The lowest BCUT2D eigenvalue weighted by Crippen LogP contribution is -2.64. The smallest absolute Gasteiger partial charge is 0.247 e. The lowest BCUT2D eigenvalue weighted by atomic mass is 9.48. The Bertz CT molecular complexity index is 620. The van der Waals surface area contributed by atoms with E-state index in [0.29, 0.717) is 11.5 Å². The largest absolute Gasteiger partial charge is 0.327 e. The topological polar surface area (TPSA) is 20.3 Å². The van der Waals surface area contributed by atoms with Crippen molar-refractivity contribution in [2.24, 2.45) is 28.6 Å². The molecule has 2 nitrogen and oxygen atoms in total. The maximum atomic E-state index is 12.8. The van der Waals surface area contributed by atoms with E-state index >= 15 is 0 Å². The van der Waals surface area contributed by atoms with Crippen LogP contribution < -0.4 is 0 Å². The standard InChI is InChI=1S/C23H35NO/c1-6-21(2,3)24-19-10-9-16-17-8-7-13-22(17,4)14-11-18(16)23(19,5)15-12-20(24)25/h6,12,15-19H,1,7-11,13-14H2,2-5H3/t16-,17-,18-,19+,22-,23+/m0/s1. The maximum Gasteiger partial charge on any atom is 0.247 e. The van der Waals surface area contributed by atoms with Gasteiger partial charge >= 0.3 is 0 Å². The molecule has 0 aromatic carbocycles. The molecule has 25 heavy (non-hydrogen) atoms. The van der Waals surface area contributed by atoms with Gasteiger partial charge in [0, 0.05) is 11.5 Å². The van der Waals surface area contributed by atoms with Gasteiger partial charge in [0.1, 0.15) is 0 Å². The number of carbonyl (C=O) groups is 1. The summed E-state index contributed by atoms with van der Waals surface area (Å²) in [5.74, 6) is 2.67. The van der Waals surface area contributed by atoms with E-state index in [-0.39, 0.29) is 16.9 Å². The van der Waals surface area contributed by atoms with E-state index in [1.54, 1.807) is 0 Å². The molecule has 3 aliphatic carbocycles.